The molecule has 10 heteroatoms. The molecule has 0 atom stereocenters. The molecule has 0 saturated carbocycles. The van der Waals surface area contributed by atoms with E-state index in [1.54, 1.807) is 27.4 Å². The SMILES string of the molecule is COc1cc(CN2CCN(c3ccc(Cl)c(C(F)(F)F)c3)CC2)cc(OC)c1OC.Cl. The maximum Gasteiger partial charge on any atom is 0.417 e. The van der Waals surface area contributed by atoms with Crippen LogP contribution in [0.5, 0.6) is 17.2 Å². The zero-order chi connectivity index (χ0) is 21.9. The molecule has 0 amide bonds. The third-order valence-corrected chi connectivity index (χ3v) is 5.45. The van der Waals surface area contributed by atoms with Gasteiger partial charge >= 0.3 is 6.18 Å². The van der Waals surface area contributed by atoms with Gasteiger partial charge < -0.3 is 19.1 Å². The molecule has 1 heterocycles. The Morgan fingerprint density at radius 2 is 1.48 bits per heavy atom. The molecule has 0 unspecified atom stereocenters. The predicted octanol–water partition coefficient (Wildman–Crippen LogP) is 5.13. The molecule has 1 aliphatic rings. The number of nitrogens with zero attached hydrogens (tertiary/aromatic N) is 2. The van der Waals surface area contributed by atoms with Gasteiger partial charge in [0.15, 0.2) is 11.5 Å². The fourth-order valence-electron chi connectivity index (χ4n) is 3.58. The number of rotatable bonds is 6. The molecule has 3 rings (SSSR count). The number of methoxy groups -OCH3 is 3. The number of ether oxygens (including phenoxy) is 3. The molecular weight excluding hydrogens is 456 g/mol. The van der Waals surface area contributed by atoms with Crippen molar-refractivity contribution in [3.8, 4) is 17.2 Å². The monoisotopic (exact) mass is 480 g/mol. The summed E-state index contributed by atoms with van der Waals surface area (Å²) in [6.07, 6.45) is -4.47. The summed E-state index contributed by atoms with van der Waals surface area (Å²) in [5.74, 6) is 1.72. The van der Waals surface area contributed by atoms with E-state index in [1.165, 1.54) is 6.07 Å². The first-order valence-corrected chi connectivity index (χ1v) is 9.77. The lowest BCUT2D eigenvalue weighted by atomic mass is 10.1. The van der Waals surface area contributed by atoms with E-state index in [0.717, 1.165) is 11.6 Å². The van der Waals surface area contributed by atoms with Gasteiger partial charge in [-0.3, -0.25) is 4.90 Å². The van der Waals surface area contributed by atoms with Crippen LogP contribution in [0.1, 0.15) is 11.1 Å². The smallest absolute Gasteiger partial charge is 0.417 e. The van der Waals surface area contributed by atoms with Gasteiger partial charge in [-0.15, -0.1) is 12.4 Å². The molecule has 31 heavy (non-hydrogen) atoms. The number of alkyl halides is 3. The molecule has 0 bridgehead atoms. The van der Waals surface area contributed by atoms with Gasteiger partial charge in [0.2, 0.25) is 5.75 Å². The topological polar surface area (TPSA) is 34.2 Å². The summed E-state index contributed by atoms with van der Waals surface area (Å²) >= 11 is 5.73. The van der Waals surface area contributed by atoms with E-state index in [-0.39, 0.29) is 17.4 Å². The minimum atomic E-state index is -4.47. The van der Waals surface area contributed by atoms with Gasteiger partial charge in [0.1, 0.15) is 0 Å². The lowest BCUT2D eigenvalue weighted by Gasteiger charge is -2.36. The van der Waals surface area contributed by atoms with Crippen LogP contribution in [-0.4, -0.2) is 52.4 Å². The highest BCUT2D eigenvalue weighted by Crippen LogP contribution is 2.39. The molecule has 1 fully saturated rings. The van der Waals surface area contributed by atoms with Crippen molar-refractivity contribution >= 4 is 29.7 Å². The number of piperazine rings is 1. The van der Waals surface area contributed by atoms with Crippen LogP contribution in [0, 0.1) is 0 Å². The van der Waals surface area contributed by atoms with Gasteiger partial charge in [-0.2, -0.15) is 13.2 Å². The van der Waals surface area contributed by atoms with Crippen molar-refractivity contribution in [1.29, 1.82) is 0 Å². The van der Waals surface area contributed by atoms with Crippen LogP contribution in [0.15, 0.2) is 30.3 Å². The minimum absolute atomic E-state index is 0. The Hall–Kier alpha value is -2.03. The molecule has 1 saturated heterocycles. The van der Waals surface area contributed by atoms with E-state index < -0.39 is 11.7 Å². The van der Waals surface area contributed by atoms with Crippen LogP contribution in [0.4, 0.5) is 18.9 Å². The number of anilines is 1. The van der Waals surface area contributed by atoms with Crippen molar-refractivity contribution in [3.63, 3.8) is 0 Å². The van der Waals surface area contributed by atoms with Crippen LogP contribution in [0.2, 0.25) is 5.02 Å². The molecule has 0 aromatic heterocycles. The molecule has 2 aromatic rings. The highest BCUT2D eigenvalue weighted by Gasteiger charge is 2.34. The Labute approximate surface area is 191 Å². The van der Waals surface area contributed by atoms with Crippen molar-refractivity contribution in [3.05, 3.63) is 46.5 Å². The first kappa shape index (κ1) is 25.2. The zero-order valence-electron chi connectivity index (χ0n) is 17.5. The van der Waals surface area contributed by atoms with Crippen molar-refractivity contribution in [2.75, 3.05) is 52.4 Å². The number of halogens is 5. The summed E-state index contributed by atoms with van der Waals surface area (Å²) < 4.78 is 55.6. The zero-order valence-corrected chi connectivity index (χ0v) is 19.0. The fraction of sp³-hybridized carbons (Fsp3) is 0.429. The van der Waals surface area contributed by atoms with Gasteiger partial charge in [-0.05, 0) is 35.9 Å². The Morgan fingerprint density at radius 1 is 0.903 bits per heavy atom. The largest absolute Gasteiger partial charge is 0.493 e. The fourth-order valence-corrected chi connectivity index (χ4v) is 3.80. The summed E-state index contributed by atoms with van der Waals surface area (Å²) in [4.78, 5) is 4.18. The average molecular weight is 481 g/mol. The maximum absolute atomic E-state index is 13.1. The van der Waals surface area contributed by atoms with Crippen molar-refractivity contribution in [2.45, 2.75) is 12.7 Å². The van der Waals surface area contributed by atoms with Gasteiger partial charge in [-0.25, -0.2) is 0 Å². The quantitative estimate of drug-likeness (QED) is 0.572. The molecular formula is C21H25Cl2F3N2O3. The van der Waals surface area contributed by atoms with Gasteiger partial charge in [-0.1, -0.05) is 11.6 Å². The van der Waals surface area contributed by atoms with Crippen LogP contribution < -0.4 is 19.1 Å². The molecule has 0 spiro atoms. The van der Waals surface area contributed by atoms with Gasteiger partial charge in [0.25, 0.3) is 0 Å². The van der Waals surface area contributed by atoms with E-state index in [9.17, 15) is 13.2 Å². The number of benzene rings is 2. The van der Waals surface area contributed by atoms with Crippen molar-refractivity contribution in [1.82, 2.24) is 4.90 Å². The molecule has 2 aromatic carbocycles. The van der Waals surface area contributed by atoms with Crippen LogP contribution >= 0.6 is 24.0 Å². The van der Waals surface area contributed by atoms with Crippen LogP contribution in [0.25, 0.3) is 0 Å². The van der Waals surface area contributed by atoms with Crippen LogP contribution in [0.3, 0.4) is 0 Å². The normalized spacial score (nSPS) is 14.7. The molecule has 0 radical (unpaired) electrons. The molecule has 0 N–H and O–H groups in total. The average Bonchev–Trinajstić information content (AvgIpc) is 2.73. The van der Waals surface area contributed by atoms with Gasteiger partial charge in [0.05, 0.1) is 31.9 Å². The van der Waals surface area contributed by atoms with Crippen molar-refractivity contribution < 1.29 is 27.4 Å². The van der Waals surface area contributed by atoms with Crippen molar-refractivity contribution in [2.24, 2.45) is 0 Å². The lowest BCUT2D eigenvalue weighted by Crippen LogP contribution is -2.46. The Balaban J connectivity index is 0.00000341. The maximum atomic E-state index is 13.1. The highest BCUT2D eigenvalue weighted by molar-refractivity contribution is 6.31. The second-order valence-electron chi connectivity index (χ2n) is 6.96. The minimum Gasteiger partial charge on any atom is -0.493 e. The lowest BCUT2D eigenvalue weighted by molar-refractivity contribution is -0.137. The standard InChI is InChI=1S/C21H24ClF3N2O3.ClH/c1-28-18-10-14(11-19(29-2)20(18)30-3)13-26-6-8-27(9-7-26)15-4-5-17(22)16(12-15)21(23,24)25;/h4-5,10-12H,6-9,13H2,1-3H3;1H. The number of hydrogen-bond donors (Lipinski definition) is 0. The number of hydrogen-bond acceptors (Lipinski definition) is 5. The Bertz CT molecular complexity index is 864. The van der Waals surface area contributed by atoms with E-state index >= 15 is 0 Å². The van der Waals surface area contributed by atoms with Crippen LogP contribution in [-0.2, 0) is 12.7 Å². The van der Waals surface area contributed by atoms with E-state index in [0.29, 0.717) is 55.7 Å². The predicted molar refractivity (Wildman–Crippen MR) is 117 cm³/mol. The second kappa shape index (κ2) is 10.5. The summed E-state index contributed by atoms with van der Waals surface area (Å²) in [5.41, 5.74) is 0.726. The summed E-state index contributed by atoms with van der Waals surface area (Å²) in [6, 6.07) is 7.87. The summed E-state index contributed by atoms with van der Waals surface area (Å²) in [7, 11) is 4.70. The third kappa shape index (κ3) is 5.81. The van der Waals surface area contributed by atoms with Gasteiger partial charge in [0, 0.05) is 38.4 Å². The van der Waals surface area contributed by atoms with E-state index in [4.69, 9.17) is 25.8 Å². The summed E-state index contributed by atoms with van der Waals surface area (Å²) in [5, 5.41) is -0.285. The Kier molecular flexibility index (Phi) is 8.57. The highest BCUT2D eigenvalue weighted by atomic mass is 35.5. The van der Waals surface area contributed by atoms with E-state index in [1.807, 2.05) is 17.0 Å². The first-order valence-electron chi connectivity index (χ1n) is 9.39. The second-order valence-corrected chi connectivity index (χ2v) is 7.37. The first-order chi connectivity index (χ1) is 14.3. The third-order valence-electron chi connectivity index (χ3n) is 5.12. The molecule has 0 aliphatic carbocycles. The summed E-state index contributed by atoms with van der Waals surface area (Å²) in [6.45, 7) is 3.31. The Morgan fingerprint density at radius 3 is 1.97 bits per heavy atom. The molecule has 5 nitrogen and oxygen atoms in total. The molecule has 1 aliphatic heterocycles. The van der Waals surface area contributed by atoms with E-state index in [2.05, 4.69) is 4.90 Å². The molecule has 172 valence electrons.